The fraction of sp³-hybridized carbons (Fsp3) is 1.00. The van der Waals surface area contributed by atoms with E-state index in [1.165, 1.54) is 12.8 Å². The molecule has 1 nitrogen and oxygen atoms in total. The van der Waals surface area contributed by atoms with E-state index in [-0.39, 0.29) is 6.10 Å². The van der Waals surface area contributed by atoms with Gasteiger partial charge in [-0.3, -0.25) is 0 Å². The third kappa shape index (κ3) is 1.72. The summed E-state index contributed by atoms with van der Waals surface area (Å²) in [6.45, 7) is 6.50. The minimum Gasteiger partial charge on any atom is -0.393 e. The topological polar surface area (TPSA) is 20.2 Å². The number of aliphatic hydroxyl groups excluding tert-OH is 1. The highest BCUT2D eigenvalue weighted by molar-refractivity contribution is 4.84. The fourth-order valence-electron chi connectivity index (χ4n) is 1.26. The normalized spacial score (nSPS) is 24.9. The maximum Gasteiger partial charge on any atom is 0.0596 e. The average Bonchev–Trinajstić information content (AvgIpc) is 2.65. The van der Waals surface area contributed by atoms with Gasteiger partial charge in [0.25, 0.3) is 0 Å². The smallest absolute Gasteiger partial charge is 0.0596 e. The molecule has 0 aromatic heterocycles. The lowest BCUT2D eigenvalue weighted by Gasteiger charge is -2.21. The highest BCUT2D eigenvalue weighted by Crippen LogP contribution is 2.37. The van der Waals surface area contributed by atoms with Crippen molar-refractivity contribution in [3.8, 4) is 0 Å². The quantitative estimate of drug-likeness (QED) is 0.639. The molecule has 1 N–H and O–H groups in total. The van der Waals surface area contributed by atoms with Crippen molar-refractivity contribution in [3.63, 3.8) is 0 Å². The van der Waals surface area contributed by atoms with E-state index in [4.69, 9.17) is 0 Å². The van der Waals surface area contributed by atoms with Crippen LogP contribution in [0.5, 0.6) is 0 Å². The van der Waals surface area contributed by atoms with Gasteiger partial charge in [0.1, 0.15) is 0 Å². The second-order valence-electron chi connectivity index (χ2n) is 3.93. The molecule has 0 bridgehead atoms. The van der Waals surface area contributed by atoms with Crippen LogP contribution in [0.25, 0.3) is 0 Å². The molecule has 2 atom stereocenters. The van der Waals surface area contributed by atoms with E-state index in [2.05, 4.69) is 20.8 Å². The molecule has 1 rings (SSSR count). The lowest BCUT2D eigenvalue weighted by Crippen LogP contribution is -2.23. The lowest BCUT2D eigenvalue weighted by molar-refractivity contribution is 0.0722. The zero-order valence-corrected chi connectivity index (χ0v) is 7.17. The van der Waals surface area contributed by atoms with Crippen LogP contribution in [0, 0.1) is 17.8 Å². The summed E-state index contributed by atoms with van der Waals surface area (Å²) in [4.78, 5) is 0. The van der Waals surface area contributed by atoms with Crippen LogP contribution in [0.2, 0.25) is 0 Å². The van der Waals surface area contributed by atoms with Gasteiger partial charge < -0.3 is 5.11 Å². The van der Waals surface area contributed by atoms with Crippen LogP contribution in [0.4, 0.5) is 0 Å². The Morgan fingerprint density at radius 2 is 1.70 bits per heavy atom. The third-order valence-corrected chi connectivity index (χ3v) is 2.70. The molecule has 1 heteroatoms. The molecular weight excluding hydrogens is 124 g/mol. The predicted octanol–water partition coefficient (Wildman–Crippen LogP) is 2.05. The lowest BCUT2D eigenvalue weighted by atomic mass is 9.90. The molecular formula is C9H18O. The Morgan fingerprint density at radius 1 is 1.20 bits per heavy atom. The van der Waals surface area contributed by atoms with E-state index in [0.29, 0.717) is 17.8 Å². The van der Waals surface area contributed by atoms with Gasteiger partial charge in [-0.1, -0.05) is 20.8 Å². The maximum absolute atomic E-state index is 9.63. The molecule has 60 valence electrons. The van der Waals surface area contributed by atoms with Crippen molar-refractivity contribution in [2.45, 2.75) is 39.7 Å². The largest absolute Gasteiger partial charge is 0.393 e. The van der Waals surface area contributed by atoms with Gasteiger partial charge in [-0.15, -0.1) is 0 Å². The zero-order chi connectivity index (χ0) is 7.72. The van der Waals surface area contributed by atoms with Gasteiger partial charge in [-0.05, 0) is 30.6 Å². The molecule has 0 radical (unpaired) electrons. The predicted molar refractivity (Wildman–Crippen MR) is 42.7 cm³/mol. The molecule has 0 aliphatic heterocycles. The molecule has 1 fully saturated rings. The second-order valence-corrected chi connectivity index (χ2v) is 3.93. The van der Waals surface area contributed by atoms with Gasteiger partial charge >= 0.3 is 0 Å². The van der Waals surface area contributed by atoms with Crippen molar-refractivity contribution >= 4 is 0 Å². The summed E-state index contributed by atoms with van der Waals surface area (Å²) in [7, 11) is 0. The SMILES string of the molecule is CC(C)C(C)C(O)C1CC1. The summed E-state index contributed by atoms with van der Waals surface area (Å²) < 4.78 is 0. The van der Waals surface area contributed by atoms with Crippen LogP contribution in [0.15, 0.2) is 0 Å². The Hall–Kier alpha value is -0.0400. The van der Waals surface area contributed by atoms with E-state index in [1.807, 2.05) is 0 Å². The number of rotatable bonds is 3. The van der Waals surface area contributed by atoms with Crippen LogP contribution in [0.3, 0.4) is 0 Å². The molecule has 1 aliphatic rings. The highest BCUT2D eigenvalue weighted by Gasteiger charge is 2.33. The van der Waals surface area contributed by atoms with Gasteiger partial charge in [0, 0.05) is 0 Å². The Balaban J connectivity index is 2.30. The summed E-state index contributed by atoms with van der Waals surface area (Å²) in [5.74, 6) is 1.74. The molecule has 0 heterocycles. The maximum atomic E-state index is 9.63. The van der Waals surface area contributed by atoms with Crippen LogP contribution in [-0.4, -0.2) is 11.2 Å². The van der Waals surface area contributed by atoms with Crippen LogP contribution >= 0.6 is 0 Å². The van der Waals surface area contributed by atoms with E-state index in [1.54, 1.807) is 0 Å². The van der Waals surface area contributed by atoms with Crippen molar-refractivity contribution in [1.29, 1.82) is 0 Å². The second kappa shape index (κ2) is 2.91. The molecule has 0 aromatic carbocycles. The molecule has 0 amide bonds. The van der Waals surface area contributed by atoms with Gasteiger partial charge in [0.2, 0.25) is 0 Å². The fourth-order valence-corrected chi connectivity index (χ4v) is 1.26. The first-order chi connectivity index (χ1) is 4.63. The first-order valence-corrected chi connectivity index (χ1v) is 4.31. The first-order valence-electron chi connectivity index (χ1n) is 4.31. The van der Waals surface area contributed by atoms with Crippen LogP contribution in [-0.2, 0) is 0 Å². The minimum atomic E-state index is -0.0278. The standard InChI is InChI=1S/C9H18O/c1-6(2)7(3)9(10)8-4-5-8/h6-10H,4-5H2,1-3H3. The first kappa shape index (κ1) is 8.06. The minimum absolute atomic E-state index is 0.0278. The van der Waals surface area contributed by atoms with Crippen molar-refractivity contribution < 1.29 is 5.11 Å². The Morgan fingerprint density at radius 3 is 2.00 bits per heavy atom. The molecule has 2 unspecified atom stereocenters. The Labute approximate surface area is 63.4 Å². The van der Waals surface area contributed by atoms with E-state index in [9.17, 15) is 5.11 Å². The van der Waals surface area contributed by atoms with Crippen LogP contribution < -0.4 is 0 Å². The van der Waals surface area contributed by atoms with Crippen molar-refractivity contribution in [1.82, 2.24) is 0 Å². The molecule has 1 saturated carbocycles. The molecule has 10 heavy (non-hydrogen) atoms. The summed E-state index contributed by atoms with van der Waals surface area (Å²) >= 11 is 0. The van der Waals surface area contributed by atoms with Crippen molar-refractivity contribution in [3.05, 3.63) is 0 Å². The van der Waals surface area contributed by atoms with Crippen molar-refractivity contribution in [2.75, 3.05) is 0 Å². The van der Waals surface area contributed by atoms with Gasteiger partial charge in [-0.25, -0.2) is 0 Å². The molecule has 0 spiro atoms. The Kier molecular flexibility index (Phi) is 2.35. The van der Waals surface area contributed by atoms with Gasteiger partial charge in [0.15, 0.2) is 0 Å². The van der Waals surface area contributed by atoms with Crippen molar-refractivity contribution in [2.24, 2.45) is 17.8 Å². The molecule has 0 saturated heterocycles. The van der Waals surface area contributed by atoms with E-state index >= 15 is 0 Å². The Bertz CT molecular complexity index is 99.3. The molecule has 0 aromatic rings. The number of hydrogen-bond donors (Lipinski definition) is 1. The highest BCUT2D eigenvalue weighted by atomic mass is 16.3. The number of hydrogen-bond acceptors (Lipinski definition) is 1. The zero-order valence-electron chi connectivity index (χ0n) is 7.17. The summed E-state index contributed by atoms with van der Waals surface area (Å²) in [5, 5.41) is 9.63. The van der Waals surface area contributed by atoms with Gasteiger partial charge in [-0.2, -0.15) is 0 Å². The van der Waals surface area contributed by atoms with Crippen LogP contribution in [0.1, 0.15) is 33.6 Å². The summed E-state index contributed by atoms with van der Waals surface area (Å²) in [6.07, 6.45) is 2.47. The van der Waals surface area contributed by atoms with E-state index < -0.39 is 0 Å². The third-order valence-electron chi connectivity index (χ3n) is 2.70. The summed E-state index contributed by atoms with van der Waals surface area (Å²) in [5.41, 5.74) is 0. The molecule has 1 aliphatic carbocycles. The summed E-state index contributed by atoms with van der Waals surface area (Å²) in [6, 6.07) is 0. The van der Waals surface area contributed by atoms with Gasteiger partial charge in [0.05, 0.1) is 6.10 Å². The van der Waals surface area contributed by atoms with E-state index in [0.717, 1.165) is 0 Å². The monoisotopic (exact) mass is 142 g/mol. The average molecular weight is 142 g/mol. The number of aliphatic hydroxyl groups is 1.